The molecule has 0 fully saturated rings. The van der Waals surface area contributed by atoms with Crippen LogP contribution in [0.2, 0.25) is 0 Å². The molecule has 9 rings (SSSR count). The minimum atomic E-state index is -0.0591. The fourth-order valence-corrected chi connectivity index (χ4v) is 11.0. The van der Waals surface area contributed by atoms with Crippen molar-refractivity contribution in [1.82, 2.24) is 0 Å². The number of anilines is 5. The molecular weight excluding hydrogens is 679 g/mol. The van der Waals surface area contributed by atoms with Crippen molar-refractivity contribution in [3.8, 4) is 0 Å². The van der Waals surface area contributed by atoms with Crippen LogP contribution in [0.3, 0.4) is 0 Å². The second-order valence-corrected chi connectivity index (χ2v) is 22.7. The van der Waals surface area contributed by atoms with Crippen molar-refractivity contribution in [1.29, 1.82) is 0 Å². The summed E-state index contributed by atoms with van der Waals surface area (Å²) in [6, 6.07) is 23.9. The molecule has 3 heterocycles. The minimum absolute atomic E-state index is 0.0200. The number of hydrogen-bond donors (Lipinski definition) is 0. The van der Waals surface area contributed by atoms with Crippen LogP contribution in [0.15, 0.2) is 87.9 Å². The minimum Gasteiger partial charge on any atom is -0.444 e. The third-order valence-corrected chi connectivity index (χ3v) is 14.8. The van der Waals surface area contributed by atoms with Crippen molar-refractivity contribution in [2.24, 2.45) is 5.41 Å². The molecule has 0 spiro atoms. The highest BCUT2D eigenvalue weighted by Crippen LogP contribution is 2.55. The molecule has 0 bridgehead atoms. The van der Waals surface area contributed by atoms with Crippen LogP contribution in [0.25, 0.3) is 0 Å². The van der Waals surface area contributed by atoms with E-state index in [1.165, 1.54) is 85.7 Å². The van der Waals surface area contributed by atoms with Crippen molar-refractivity contribution < 1.29 is 4.42 Å². The van der Waals surface area contributed by atoms with Gasteiger partial charge in [0, 0.05) is 33.9 Å². The van der Waals surface area contributed by atoms with Crippen molar-refractivity contribution in [2.45, 2.75) is 163 Å². The van der Waals surface area contributed by atoms with E-state index in [9.17, 15) is 0 Å². The first-order chi connectivity index (χ1) is 26.0. The Morgan fingerprint density at radius 2 is 1.18 bits per heavy atom. The van der Waals surface area contributed by atoms with Gasteiger partial charge in [0.15, 0.2) is 5.88 Å². The average Bonchev–Trinajstić information content (AvgIpc) is 3.54. The normalized spacial score (nSPS) is 21.5. The maximum atomic E-state index is 7.54. The summed E-state index contributed by atoms with van der Waals surface area (Å²) in [5.41, 5.74) is 18.4. The summed E-state index contributed by atoms with van der Waals surface area (Å²) in [6.45, 7) is 33.7. The first kappa shape index (κ1) is 37.7. The lowest BCUT2D eigenvalue weighted by molar-refractivity contribution is 0.280. The molecule has 4 heteroatoms. The first-order valence-electron chi connectivity index (χ1n) is 21.6. The van der Waals surface area contributed by atoms with Crippen LogP contribution in [0.5, 0.6) is 0 Å². The van der Waals surface area contributed by atoms with E-state index in [0.29, 0.717) is 0 Å². The van der Waals surface area contributed by atoms with Gasteiger partial charge in [-0.05, 0) is 141 Å². The van der Waals surface area contributed by atoms with Gasteiger partial charge in [0.05, 0.1) is 0 Å². The Labute approximate surface area is 338 Å². The van der Waals surface area contributed by atoms with Crippen LogP contribution in [-0.4, -0.2) is 6.71 Å². The predicted molar refractivity (Wildman–Crippen MR) is 240 cm³/mol. The van der Waals surface area contributed by atoms with E-state index < -0.39 is 0 Å². The van der Waals surface area contributed by atoms with Crippen molar-refractivity contribution in [2.75, 3.05) is 9.80 Å². The molecule has 0 unspecified atom stereocenters. The Morgan fingerprint density at radius 1 is 0.589 bits per heavy atom. The number of nitrogens with zero attached hydrogens (tertiary/aromatic N) is 2. The monoisotopic (exact) mass is 745 g/mol. The zero-order chi connectivity index (χ0) is 40.1. The molecule has 0 radical (unpaired) electrons. The summed E-state index contributed by atoms with van der Waals surface area (Å²) in [5, 5.41) is 0. The van der Waals surface area contributed by atoms with E-state index in [-0.39, 0.29) is 39.2 Å². The van der Waals surface area contributed by atoms with Gasteiger partial charge in [-0.2, -0.15) is 0 Å². The quantitative estimate of drug-likeness (QED) is 0.191. The highest BCUT2D eigenvalue weighted by molar-refractivity contribution is 6.96. The van der Waals surface area contributed by atoms with Crippen LogP contribution in [-0.2, 0) is 27.1 Å². The van der Waals surface area contributed by atoms with Crippen LogP contribution in [0.1, 0.15) is 163 Å². The fraction of sp³-hybridized carbons (Fsp3) is 0.500. The summed E-state index contributed by atoms with van der Waals surface area (Å²) in [6.07, 6.45) is 9.37. The number of furan rings is 1. The Kier molecular flexibility index (Phi) is 7.95. The molecule has 1 aromatic heterocycles. The molecule has 2 aliphatic heterocycles. The van der Waals surface area contributed by atoms with Gasteiger partial charge in [-0.3, -0.25) is 4.90 Å². The number of fused-ring (bicyclic) bond motifs is 6. The van der Waals surface area contributed by atoms with Crippen molar-refractivity contribution in [3.05, 3.63) is 111 Å². The Morgan fingerprint density at radius 3 is 1.82 bits per heavy atom. The van der Waals surface area contributed by atoms with Gasteiger partial charge in [-0.1, -0.05) is 133 Å². The second-order valence-electron chi connectivity index (χ2n) is 22.7. The van der Waals surface area contributed by atoms with Crippen molar-refractivity contribution >= 4 is 46.3 Å². The summed E-state index contributed by atoms with van der Waals surface area (Å²) in [7, 11) is 0. The Bertz CT molecular complexity index is 2350. The largest absolute Gasteiger partial charge is 0.444 e. The average molecular weight is 745 g/mol. The number of hydrogen-bond acceptors (Lipinski definition) is 3. The molecule has 292 valence electrons. The van der Waals surface area contributed by atoms with Crippen molar-refractivity contribution in [3.63, 3.8) is 0 Å². The Balaban J connectivity index is 1.38. The van der Waals surface area contributed by atoms with Gasteiger partial charge in [0.25, 0.3) is 6.71 Å². The third-order valence-electron chi connectivity index (χ3n) is 14.8. The van der Waals surface area contributed by atoms with Gasteiger partial charge < -0.3 is 9.32 Å². The SMILES string of the molecule is CC(C)(C)C1=CC2=C(CC1)N(c1ccc(C(C)(C)C)cc1)c1cccc3c1B2c1c(oc2c1C(C)(C)CCC2(C)C)N3c1ccc2c(c1)C(C)(C)CCC2(C)C. The lowest BCUT2D eigenvalue weighted by atomic mass is 9.31. The summed E-state index contributed by atoms with van der Waals surface area (Å²) >= 11 is 0. The van der Waals surface area contributed by atoms with Crippen LogP contribution < -0.4 is 20.7 Å². The van der Waals surface area contributed by atoms with E-state index in [1.807, 2.05) is 0 Å². The zero-order valence-corrected chi connectivity index (χ0v) is 37.0. The van der Waals surface area contributed by atoms with E-state index >= 15 is 0 Å². The maximum absolute atomic E-state index is 7.54. The number of allylic oxidation sites excluding steroid dienone is 4. The second kappa shape index (κ2) is 11.8. The summed E-state index contributed by atoms with van der Waals surface area (Å²) in [5.74, 6) is 2.22. The highest BCUT2D eigenvalue weighted by Gasteiger charge is 2.53. The summed E-state index contributed by atoms with van der Waals surface area (Å²) < 4.78 is 7.54. The fourth-order valence-electron chi connectivity index (χ4n) is 11.0. The lowest BCUT2D eigenvalue weighted by Gasteiger charge is -2.46. The molecule has 4 aromatic rings. The molecule has 3 aromatic carbocycles. The molecule has 3 nitrogen and oxygen atoms in total. The van der Waals surface area contributed by atoms with Gasteiger partial charge in [0.1, 0.15) is 5.76 Å². The van der Waals surface area contributed by atoms with Crippen LogP contribution in [0.4, 0.5) is 28.6 Å². The maximum Gasteiger partial charge on any atom is 0.256 e. The molecular formula is C52H65BN2O. The molecule has 0 amide bonds. The van der Waals surface area contributed by atoms with Crippen LogP contribution >= 0.6 is 0 Å². The van der Waals surface area contributed by atoms with E-state index in [1.54, 1.807) is 5.57 Å². The van der Waals surface area contributed by atoms with Gasteiger partial charge in [0.2, 0.25) is 0 Å². The standard InChI is InChI=1S/C52H65BN2O/c1-47(2,3)32-18-21-34(22-19-32)54-39-25-20-33(48(4,5)6)30-38(39)53-43-40(54)16-15-17-41(43)55(35-23-24-36-37(31-35)50(9,10)27-26-49(36,7)8)46-44(53)42-45(56-46)52(13,14)29-28-51(42,11)12/h15-19,21-24,30-31H,20,25-29H2,1-14H3. The van der Waals surface area contributed by atoms with Gasteiger partial charge in [-0.15, -0.1) is 0 Å². The number of rotatable bonds is 2. The van der Waals surface area contributed by atoms with Gasteiger partial charge >= 0.3 is 0 Å². The Hall–Kier alpha value is -3.92. The molecule has 0 saturated heterocycles. The molecule has 5 aliphatic rings. The topological polar surface area (TPSA) is 19.6 Å². The smallest absolute Gasteiger partial charge is 0.256 e. The van der Waals surface area contributed by atoms with Gasteiger partial charge in [-0.25, -0.2) is 0 Å². The molecule has 56 heavy (non-hydrogen) atoms. The molecule has 3 aliphatic carbocycles. The van der Waals surface area contributed by atoms with E-state index in [0.717, 1.165) is 31.6 Å². The summed E-state index contributed by atoms with van der Waals surface area (Å²) in [4.78, 5) is 5.17. The predicted octanol–water partition coefficient (Wildman–Crippen LogP) is 13.4. The molecule has 0 atom stereocenters. The molecule has 0 N–H and O–H groups in total. The first-order valence-corrected chi connectivity index (χ1v) is 21.6. The van der Waals surface area contributed by atoms with Crippen LogP contribution in [0, 0.1) is 5.41 Å². The van der Waals surface area contributed by atoms with E-state index in [4.69, 9.17) is 4.42 Å². The van der Waals surface area contributed by atoms with E-state index in [2.05, 4.69) is 173 Å². The third kappa shape index (κ3) is 5.50. The highest BCUT2D eigenvalue weighted by atomic mass is 16.4. The lowest BCUT2D eigenvalue weighted by Crippen LogP contribution is -2.57. The molecule has 0 saturated carbocycles. The zero-order valence-electron chi connectivity index (χ0n) is 37.0. The number of benzene rings is 3.